The van der Waals surface area contributed by atoms with E-state index in [1.54, 1.807) is 0 Å². The highest BCUT2D eigenvalue weighted by Gasteiger charge is 2.26. The summed E-state index contributed by atoms with van der Waals surface area (Å²) in [5.74, 6) is -0.830. The van der Waals surface area contributed by atoms with Crippen LogP contribution in [-0.2, 0) is 32.7 Å². The van der Waals surface area contributed by atoms with Crippen LogP contribution in [0.15, 0.2) is 85.1 Å². The normalized spacial score (nSPS) is 13.4. The zero-order valence-corrected chi connectivity index (χ0v) is 57.9. The molecule has 2 unspecified atom stereocenters. The van der Waals surface area contributed by atoms with Crippen molar-refractivity contribution in [3.8, 4) is 0 Å². The van der Waals surface area contributed by atoms with E-state index >= 15 is 0 Å². The summed E-state index contributed by atoms with van der Waals surface area (Å²) in [7, 11) is -4.40. The van der Waals surface area contributed by atoms with Crippen molar-refractivity contribution in [1.29, 1.82) is 0 Å². The first-order valence-electron chi connectivity index (χ1n) is 37.1. The van der Waals surface area contributed by atoms with E-state index in [-0.39, 0.29) is 38.6 Å². The third-order valence-electron chi connectivity index (χ3n) is 16.3. The molecule has 0 amide bonds. The molecule has 0 bridgehead atoms. The lowest BCUT2D eigenvalue weighted by Gasteiger charge is -2.19. The summed E-state index contributed by atoms with van der Waals surface area (Å²) in [4.78, 5) is 35.4. The number of rotatable bonds is 70. The molecular formula is C77H140NO8P. The topological polar surface area (TPSA) is 134 Å². The van der Waals surface area contributed by atoms with Crippen LogP contribution < -0.4 is 5.73 Å². The second-order valence-corrected chi connectivity index (χ2v) is 26.2. The van der Waals surface area contributed by atoms with Gasteiger partial charge in [0.2, 0.25) is 0 Å². The van der Waals surface area contributed by atoms with Gasteiger partial charge in [0.25, 0.3) is 0 Å². The predicted molar refractivity (Wildman–Crippen MR) is 376 cm³/mol. The van der Waals surface area contributed by atoms with Gasteiger partial charge in [-0.1, -0.05) is 362 Å². The van der Waals surface area contributed by atoms with Gasteiger partial charge < -0.3 is 20.1 Å². The lowest BCUT2D eigenvalue weighted by atomic mass is 10.0. The SMILES string of the molecule is CC/C=C\C/C=C\C/C=C\C/C=C\C/C=C\C/C=C\C/C=C\CCCCCCCCCC(=O)OC(COC(=O)CCCCCCCCCCCCCCCCCCCCCCCCCCCCCCCCCCCCCCC)COP(=O)(O)OCCN. The van der Waals surface area contributed by atoms with Crippen LogP contribution in [0.5, 0.6) is 0 Å². The third-order valence-corrected chi connectivity index (χ3v) is 17.3. The van der Waals surface area contributed by atoms with Crippen LogP contribution in [-0.4, -0.2) is 49.3 Å². The molecule has 0 aliphatic carbocycles. The molecule has 0 rings (SSSR count). The van der Waals surface area contributed by atoms with E-state index in [2.05, 4.69) is 98.9 Å². The fourth-order valence-electron chi connectivity index (χ4n) is 10.9. The molecule has 0 saturated carbocycles. The van der Waals surface area contributed by atoms with Gasteiger partial charge in [0, 0.05) is 19.4 Å². The summed E-state index contributed by atoms with van der Waals surface area (Å²) in [5, 5.41) is 0. The average molecular weight is 1240 g/mol. The smallest absolute Gasteiger partial charge is 0.462 e. The highest BCUT2D eigenvalue weighted by atomic mass is 31.2. The lowest BCUT2D eigenvalue weighted by Crippen LogP contribution is -2.29. The van der Waals surface area contributed by atoms with Gasteiger partial charge in [0.15, 0.2) is 6.10 Å². The van der Waals surface area contributed by atoms with Gasteiger partial charge in [-0.2, -0.15) is 0 Å². The molecule has 0 aromatic carbocycles. The number of nitrogens with two attached hydrogens (primary N) is 1. The Hall–Kier alpha value is -2.81. The van der Waals surface area contributed by atoms with Crippen molar-refractivity contribution in [2.75, 3.05) is 26.4 Å². The second kappa shape index (κ2) is 72.3. The summed E-state index contributed by atoms with van der Waals surface area (Å²) < 4.78 is 33.2. The Labute approximate surface area is 538 Å². The first-order chi connectivity index (χ1) is 42.8. The number of carbonyl (C=O) groups is 2. The highest BCUT2D eigenvalue weighted by Crippen LogP contribution is 2.43. The average Bonchev–Trinajstić information content (AvgIpc) is 3.63. The van der Waals surface area contributed by atoms with Crippen molar-refractivity contribution >= 4 is 19.8 Å². The maximum absolute atomic E-state index is 12.8. The standard InChI is InChI=1S/C77H140NO8P/c1-3-5-7-9-11-13-15-17-19-21-23-25-27-29-31-33-34-35-36-37-38-39-40-42-43-45-47-49-51-53-55-57-59-61-63-65-67-69-76(79)83-73-75(74-85-87(81,82)84-72-71-78)86-77(80)70-68-66-64-62-60-58-56-54-52-50-48-46-44-41-32-30-28-26-24-22-20-18-16-14-12-10-8-6-4-2/h6,8,12,14,18,20,24,26,30,32,44,46,50,52,75H,3-5,7,9-11,13,15-17,19,21-23,25,27-29,31,33-43,45,47-49,51,53-74,78H2,1-2H3,(H,81,82)/b8-6-,14-12-,20-18-,26-24-,32-30-,46-44-,52-50-. The monoisotopic (exact) mass is 1240 g/mol. The summed E-state index contributed by atoms with van der Waals surface area (Å²) >= 11 is 0. The largest absolute Gasteiger partial charge is 0.472 e. The molecular weight excluding hydrogens is 1100 g/mol. The third kappa shape index (κ3) is 72.1. The number of ether oxygens (including phenoxy) is 2. The fourth-order valence-corrected chi connectivity index (χ4v) is 11.6. The molecule has 0 aromatic heterocycles. The predicted octanol–water partition coefficient (Wildman–Crippen LogP) is 24.5. The molecule has 2 atom stereocenters. The fraction of sp³-hybridized carbons (Fsp3) is 0.792. The van der Waals surface area contributed by atoms with Gasteiger partial charge in [0.1, 0.15) is 6.61 Å². The first kappa shape index (κ1) is 84.2. The van der Waals surface area contributed by atoms with Gasteiger partial charge in [-0.25, -0.2) is 4.57 Å². The molecule has 0 spiro atoms. The van der Waals surface area contributed by atoms with E-state index in [1.807, 2.05) is 0 Å². The van der Waals surface area contributed by atoms with E-state index in [1.165, 1.54) is 238 Å². The van der Waals surface area contributed by atoms with Crippen LogP contribution in [0.1, 0.15) is 361 Å². The number of hydrogen-bond acceptors (Lipinski definition) is 8. The minimum absolute atomic E-state index is 0.0490. The molecule has 0 saturated heterocycles. The Morgan fingerprint density at radius 3 is 0.943 bits per heavy atom. The number of unbranched alkanes of at least 4 members (excludes halogenated alkanes) is 43. The molecule has 0 aliphatic rings. The Morgan fingerprint density at radius 1 is 0.356 bits per heavy atom. The van der Waals surface area contributed by atoms with E-state index in [0.717, 1.165) is 89.9 Å². The van der Waals surface area contributed by atoms with E-state index < -0.39 is 26.5 Å². The van der Waals surface area contributed by atoms with Crippen LogP contribution in [0, 0.1) is 0 Å². The molecule has 87 heavy (non-hydrogen) atoms. The molecule has 0 aromatic rings. The molecule has 0 fully saturated rings. The van der Waals surface area contributed by atoms with Gasteiger partial charge in [-0.05, 0) is 70.6 Å². The van der Waals surface area contributed by atoms with Crippen LogP contribution in [0.25, 0.3) is 0 Å². The Balaban J connectivity index is 3.83. The molecule has 506 valence electrons. The van der Waals surface area contributed by atoms with Crippen LogP contribution in [0.3, 0.4) is 0 Å². The van der Waals surface area contributed by atoms with Crippen molar-refractivity contribution in [1.82, 2.24) is 0 Å². The zero-order valence-electron chi connectivity index (χ0n) is 57.0. The van der Waals surface area contributed by atoms with Crippen LogP contribution >= 0.6 is 7.82 Å². The molecule has 0 heterocycles. The first-order valence-corrected chi connectivity index (χ1v) is 38.6. The number of esters is 2. The highest BCUT2D eigenvalue weighted by molar-refractivity contribution is 7.47. The molecule has 3 N–H and O–H groups in total. The van der Waals surface area contributed by atoms with Crippen molar-refractivity contribution in [3.63, 3.8) is 0 Å². The number of hydrogen-bond donors (Lipinski definition) is 2. The Kier molecular flexibility index (Phi) is 69.9. The number of phosphoric ester groups is 1. The second-order valence-electron chi connectivity index (χ2n) is 24.8. The molecule has 0 aliphatic heterocycles. The summed E-state index contributed by atoms with van der Waals surface area (Å²) in [5.41, 5.74) is 5.40. The van der Waals surface area contributed by atoms with Gasteiger partial charge >= 0.3 is 19.8 Å². The van der Waals surface area contributed by atoms with Gasteiger partial charge in [-0.15, -0.1) is 0 Å². The number of phosphoric acid groups is 1. The van der Waals surface area contributed by atoms with Crippen molar-refractivity contribution in [2.24, 2.45) is 5.73 Å². The van der Waals surface area contributed by atoms with Crippen LogP contribution in [0.4, 0.5) is 0 Å². The van der Waals surface area contributed by atoms with E-state index in [4.69, 9.17) is 24.3 Å². The van der Waals surface area contributed by atoms with Gasteiger partial charge in [-0.3, -0.25) is 18.6 Å². The van der Waals surface area contributed by atoms with Crippen molar-refractivity contribution in [2.45, 2.75) is 367 Å². The molecule has 10 heteroatoms. The molecule has 0 radical (unpaired) electrons. The number of allylic oxidation sites excluding steroid dienone is 14. The lowest BCUT2D eigenvalue weighted by molar-refractivity contribution is -0.161. The Bertz CT molecular complexity index is 1700. The maximum Gasteiger partial charge on any atom is 0.472 e. The minimum Gasteiger partial charge on any atom is -0.462 e. The summed E-state index contributed by atoms with van der Waals surface area (Å²) in [6.07, 6.45) is 97.1. The zero-order chi connectivity index (χ0) is 63.0. The van der Waals surface area contributed by atoms with Crippen molar-refractivity contribution in [3.05, 3.63) is 85.1 Å². The maximum atomic E-state index is 12.8. The summed E-state index contributed by atoms with van der Waals surface area (Å²) in [6, 6.07) is 0. The number of carbonyl (C=O) groups excluding carboxylic acids is 2. The van der Waals surface area contributed by atoms with Crippen molar-refractivity contribution < 1.29 is 37.6 Å². The van der Waals surface area contributed by atoms with E-state index in [0.29, 0.717) is 6.42 Å². The Morgan fingerprint density at radius 2 is 0.632 bits per heavy atom. The van der Waals surface area contributed by atoms with Crippen LogP contribution in [0.2, 0.25) is 0 Å². The molecule has 9 nitrogen and oxygen atoms in total. The quantitative estimate of drug-likeness (QED) is 0.0264. The van der Waals surface area contributed by atoms with E-state index in [9.17, 15) is 19.0 Å². The summed E-state index contributed by atoms with van der Waals surface area (Å²) in [6.45, 7) is 3.67. The minimum atomic E-state index is -4.40. The van der Waals surface area contributed by atoms with Gasteiger partial charge in [0.05, 0.1) is 13.2 Å².